The number of rotatable bonds is 4. The van der Waals surface area contributed by atoms with E-state index in [1.54, 1.807) is 31.4 Å². The molecule has 1 aromatic heterocycles. The highest BCUT2D eigenvalue weighted by atomic mass is 35.5. The molecule has 0 N–H and O–H groups in total. The van der Waals surface area contributed by atoms with Gasteiger partial charge in [0.15, 0.2) is 0 Å². The van der Waals surface area contributed by atoms with Crippen LogP contribution in [0.4, 0.5) is 0 Å². The summed E-state index contributed by atoms with van der Waals surface area (Å²) >= 11 is 5.95. The molecule has 0 saturated heterocycles. The molecule has 1 heterocycles. The number of ether oxygens (including phenoxy) is 2. The van der Waals surface area contributed by atoms with Gasteiger partial charge < -0.3 is 14.0 Å². The lowest BCUT2D eigenvalue weighted by Gasteiger charge is -2.25. The minimum Gasteiger partial charge on any atom is -0.496 e. The molecule has 0 fully saturated rings. The topological polar surface area (TPSA) is 74.5 Å². The Balaban J connectivity index is 2.22. The SMILES string of the molecule is COC(=O)c1c(C)c(-c2noc(-c3ccc(Cl)cc3)n2)cc(C(C)(C)C)c1OC. The van der Waals surface area contributed by atoms with Gasteiger partial charge in [-0.05, 0) is 48.2 Å². The van der Waals surface area contributed by atoms with Crippen LogP contribution in [0.2, 0.25) is 5.02 Å². The van der Waals surface area contributed by atoms with Gasteiger partial charge in [-0.3, -0.25) is 0 Å². The summed E-state index contributed by atoms with van der Waals surface area (Å²) in [7, 11) is 2.89. The zero-order valence-electron chi connectivity index (χ0n) is 17.3. The van der Waals surface area contributed by atoms with Crippen molar-refractivity contribution < 1.29 is 18.8 Å². The van der Waals surface area contributed by atoms with Crippen LogP contribution >= 0.6 is 11.6 Å². The third-order valence-corrected chi connectivity index (χ3v) is 4.95. The lowest BCUT2D eigenvalue weighted by atomic mass is 9.82. The molecule has 0 radical (unpaired) electrons. The number of benzene rings is 2. The summed E-state index contributed by atoms with van der Waals surface area (Å²) in [6, 6.07) is 9.07. The maximum atomic E-state index is 12.6. The maximum absolute atomic E-state index is 12.6. The first-order chi connectivity index (χ1) is 13.7. The second-order valence-electron chi connectivity index (χ2n) is 7.68. The monoisotopic (exact) mass is 414 g/mol. The van der Waals surface area contributed by atoms with Crippen molar-refractivity contribution in [3.05, 3.63) is 52.0 Å². The van der Waals surface area contributed by atoms with Crippen LogP contribution in [-0.2, 0) is 10.2 Å². The first-order valence-corrected chi connectivity index (χ1v) is 9.45. The van der Waals surface area contributed by atoms with E-state index in [0.717, 1.165) is 11.1 Å². The van der Waals surface area contributed by atoms with E-state index in [4.69, 9.17) is 25.6 Å². The summed E-state index contributed by atoms with van der Waals surface area (Å²) in [6.07, 6.45) is 0. The van der Waals surface area contributed by atoms with E-state index in [1.165, 1.54) is 7.11 Å². The van der Waals surface area contributed by atoms with E-state index in [9.17, 15) is 4.79 Å². The van der Waals surface area contributed by atoms with Gasteiger partial charge in [0, 0.05) is 21.7 Å². The van der Waals surface area contributed by atoms with Crippen LogP contribution < -0.4 is 4.74 Å². The lowest BCUT2D eigenvalue weighted by molar-refractivity contribution is 0.0596. The van der Waals surface area contributed by atoms with Crippen LogP contribution in [0, 0.1) is 6.92 Å². The molecule has 0 bridgehead atoms. The largest absolute Gasteiger partial charge is 0.496 e. The van der Waals surface area contributed by atoms with Crippen molar-refractivity contribution in [3.8, 4) is 28.6 Å². The molecule has 0 aliphatic heterocycles. The fourth-order valence-electron chi connectivity index (χ4n) is 3.15. The van der Waals surface area contributed by atoms with Gasteiger partial charge in [-0.25, -0.2) is 4.79 Å². The van der Waals surface area contributed by atoms with Crippen LogP contribution in [0.1, 0.15) is 42.3 Å². The Morgan fingerprint density at radius 2 is 1.79 bits per heavy atom. The fourth-order valence-corrected chi connectivity index (χ4v) is 3.28. The number of nitrogens with zero attached hydrogens (tertiary/aromatic N) is 2. The standard InChI is InChI=1S/C22H23ClN2O4/c1-12-15(19-24-20(29-25-19)13-7-9-14(23)10-8-13)11-16(22(2,3)4)18(27-5)17(12)21(26)28-6/h7-11H,1-6H3. The van der Waals surface area contributed by atoms with Gasteiger partial charge in [-0.2, -0.15) is 4.98 Å². The van der Waals surface area contributed by atoms with Gasteiger partial charge in [0.05, 0.1) is 14.2 Å². The molecule has 3 rings (SSSR count). The van der Waals surface area contributed by atoms with E-state index in [-0.39, 0.29) is 5.41 Å². The average molecular weight is 415 g/mol. The van der Waals surface area contributed by atoms with Gasteiger partial charge >= 0.3 is 5.97 Å². The zero-order chi connectivity index (χ0) is 21.3. The zero-order valence-corrected chi connectivity index (χ0v) is 18.0. The molecule has 0 unspecified atom stereocenters. The van der Waals surface area contributed by atoms with Gasteiger partial charge in [-0.1, -0.05) is 37.5 Å². The Morgan fingerprint density at radius 3 is 2.34 bits per heavy atom. The molecule has 0 spiro atoms. The van der Waals surface area contributed by atoms with Gasteiger partial charge in [-0.15, -0.1) is 0 Å². The van der Waals surface area contributed by atoms with Crippen LogP contribution in [0.3, 0.4) is 0 Å². The van der Waals surface area contributed by atoms with Crippen molar-refractivity contribution in [2.45, 2.75) is 33.1 Å². The molecule has 6 nitrogen and oxygen atoms in total. The third kappa shape index (κ3) is 3.98. The van der Waals surface area contributed by atoms with Crippen molar-refractivity contribution >= 4 is 17.6 Å². The number of carbonyl (C=O) groups excluding carboxylic acids is 1. The Labute approximate surface area is 174 Å². The van der Waals surface area contributed by atoms with Crippen molar-refractivity contribution in [3.63, 3.8) is 0 Å². The molecular formula is C22H23ClN2O4. The Kier molecular flexibility index (Phi) is 5.66. The molecular weight excluding hydrogens is 392 g/mol. The first kappa shape index (κ1) is 20.9. The van der Waals surface area contributed by atoms with Crippen molar-refractivity contribution in [2.24, 2.45) is 0 Å². The minimum atomic E-state index is -0.479. The van der Waals surface area contributed by atoms with E-state index in [1.807, 2.05) is 33.8 Å². The molecule has 0 aliphatic rings. The molecule has 2 aromatic carbocycles. The average Bonchev–Trinajstić information content (AvgIpc) is 3.16. The highest BCUT2D eigenvalue weighted by Crippen LogP contribution is 2.40. The fraction of sp³-hybridized carbons (Fsp3) is 0.318. The van der Waals surface area contributed by atoms with Crippen LogP contribution in [0.15, 0.2) is 34.9 Å². The van der Waals surface area contributed by atoms with Gasteiger partial charge in [0.25, 0.3) is 5.89 Å². The van der Waals surface area contributed by atoms with Gasteiger partial charge in [0.1, 0.15) is 11.3 Å². The summed E-state index contributed by atoms with van der Waals surface area (Å²) < 4.78 is 16.1. The van der Waals surface area contributed by atoms with Crippen LogP contribution in [0.5, 0.6) is 5.75 Å². The number of carbonyl (C=O) groups is 1. The smallest absolute Gasteiger partial charge is 0.341 e. The van der Waals surface area contributed by atoms with E-state index in [2.05, 4.69) is 10.1 Å². The second-order valence-corrected chi connectivity index (χ2v) is 8.11. The quantitative estimate of drug-likeness (QED) is 0.528. The van der Waals surface area contributed by atoms with Crippen molar-refractivity contribution in [2.75, 3.05) is 14.2 Å². The van der Waals surface area contributed by atoms with Crippen LogP contribution in [-0.4, -0.2) is 30.3 Å². The van der Waals surface area contributed by atoms with E-state index in [0.29, 0.717) is 39.2 Å². The molecule has 0 aliphatic carbocycles. The number of halogens is 1. The predicted molar refractivity (Wildman–Crippen MR) is 112 cm³/mol. The lowest BCUT2D eigenvalue weighted by Crippen LogP contribution is -2.17. The normalized spacial score (nSPS) is 11.4. The number of aromatic nitrogens is 2. The summed E-state index contributed by atoms with van der Waals surface area (Å²) in [5.41, 5.74) is 3.00. The van der Waals surface area contributed by atoms with E-state index < -0.39 is 5.97 Å². The van der Waals surface area contributed by atoms with Crippen molar-refractivity contribution in [1.82, 2.24) is 10.1 Å². The number of methoxy groups -OCH3 is 2. The molecule has 29 heavy (non-hydrogen) atoms. The molecule has 0 amide bonds. The summed E-state index contributed by atoms with van der Waals surface area (Å²) in [5, 5.41) is 4.76. The number of hydrogen-bond acceptors (Lipinski definition) is 6. The third-order valence-electron chi connectivity index (χ3n) is 4.70. The molecule has 3 aromatic rings. The molecule has 7 heteroatoms. The highest BCUT2D eigenvalue weighted by molar-refractivity contribution is 6.30. The minimum absolute atomic E-state index is 0.292. The second kappa shape index (κ2) is 7.87. The Hall–Kier alpha value is -2.86. The number of hydrogen-bond donors (Lipinski definition) is 0. The van der Waals surface area contributed by atoms with Gasteiger partial charge in [0.2, 0.25) is 5.82 Å². The Bertz CT molecular complexity index is 1050. The number of esters is 1. The molecule has 0 atom stereocenters. The Morgan fingerprint density at radius 1 is 1.14 bits per heavy atom. The van der Waals surface area contributed by atoms with Crippen molar-refractivity contribution in [1.29, 1.82) is 0 Å². The summed E-state index contributed by atoms with van der Waals surface area (Å²) in [5.74, 6) is 0.759. The first-order valence-electron chi connectivity index (χ1n) is 9.07. The maximum Gasteiger partial charge on any atom is 0.341 e. The summed E-state index contributed by atoms with van der Waals surface area (Å²) in [6.45, 7) is 7.94. The predicted octanol–water partition coefficient (Wildman–Crippen LogP) is 5.46. The van der Waals surface area contributed by atoms with E-state index >= 15 is 0 Å². The summed E-state index contributed by atoms with van der Waals surface area (Å²) in [4.78, 5) is 17.1. The molecule has 0 saturated carbocycles. The highest BCUT2D eigenvalue weighted by Gasteiger charge is 2.29. The van der Waals surface area contributed by atoms with Crippen LogP contribution in [0.25, 0.3) is 22.8 Å². The molecule has 152 valence electrons.